The first-order valence-corrected chi connectivity index (χ1v) is 7.86. The highest BCUT2D eigenvalue weighted by atomic mass is 32.2. The molecule has 1 nitrogen and oxygen atoms in total. The van der Waals surface area contributed by atoms with Crippen molar-refractivity contribution < 1.29 is 0 Å². The van der Waals surface area contributed by atoms with E-state index in [-0.39, 0.29) is 0 Å². The lowest BCUT2D eigenvalue weighted by atomic mass is 9.88. The second-order valence-electron chi connectivity index (χ2n) is 5.24. The Morgan fingerprint density at radius 3 is 3.00 bits per heavy atom. The van der Waals surface area contributed by atoms with Gasteiger partial charge in [0.2, 0.25) is 0 Å². The van der Waals surface area contributed by atoms with E-state index in [0.29, 0.717) is 0 Å². The molecule has 1 fully saturated rings. The fraction of sp³-hybridized carbons (Fsp3) is 0.600. The number of thioether (sulfide) groups is 1. The van der Waals surface area contributed by atoms with Gasteiger partial charge in [0.25, 0.3) is 0 Å². The average Bonchev–Trinajstić information content (AvgIpc) is 2.40. The normalized spacial score (nSPS) is 21.2. The highest BCUT2D eigenvalue weighted by Gasteiger charge is 2.18. The van der Waals surface area contributed by atoms with Crippen LogP contribution in [0, 0.1) is 5.92 Å². The smallest absolute Gasteiger partial charge is 0.0107 e. The van der Waals surface area contributed by atoms with Crippen molar-refractivity contribution in [1.29, 1.82) is 0 Å². The minimum atomic E-state index is 0.912. The van der Waals surface area contributed by atoms with Crippen LogP contribution >= 0.6 is 11.8 Å². The van der Waals surface area contributed by atoms with Gasteiger partial charge in [-0.05, 0) is 74.1 Å². The molecule has 2 heteroatoms. The van der Waals surface area contributed by atoms with Gasteiger partial charge in [0.1, 0.15) is 0 Å². The molecule has 1 saturated heterocycles. The molecule has 1 aromatic rings. The summed E-state index contributed by atoms with van der Waals surface area (Å²) in [6.45, 7) is 2.43. The molecule has 0 amide bonds. The van der Waals surface area contributed by atoms with Crippen molar-refractivity contribution in [2.75, 3.05) is 18.8 Å². The van der Waals surface area contributed by atoms with Crippen molar-refractivity contribution >= 4 is 11.8 Å². The number of fused-ring (bicyclic) bond motifs is 1. The predicted molar refractivity (Wildman–Crippen MR) is 74.8 cm³/mol. The van der Waals surface area contributed by atoms with Crippen LogP contribution in [0.25, 0.3) is 0 Å². The van der Waals surface area contributed by atoms with Gasteiger partial charge in [-0.2, -0.15) is 0 Å². The third kappa shape index (κ3) is 2.69. The number of rotatable bonds is 2. The third-order valence-electron chi connectivity index (χ3n) is 4.03. The average molecular weight is 247 g/mol. The zero-order chi connectivity index (χ0) is 11.5. The molecule has 0 aromatic heterocycles. The van der Waals surface area contributed by atoms with Crippen molar-refractivity contribution in [3.05, 3.63) is 29.3 Å². The topological polar surface area (TPSA) is 12.0 Å². The van der Waals surface area contributed by atoms with Crippen molar-refractivity contribution in [3.8, 4) is 0 Å². The molecule has 0 aliphatic carbocycles. The Bertz CT molecular complexity index is 383. The van der Waals surface area contributed by atoms with E-state index in [0.717, 1.165) is 5.92 Å². The van der Waals surface area contributed by atoms with E-state index in [2.05, 4.69) is 35.3 Å². The summed E-state index contributed by atoms with van der Waals surface area (Å²) in [5.74, 6) is 2.22. The van der Waals surface area contributed by atoms with Gasteiger partial charge >= 0.3 is 0 Å². The van der Waals surface area contributed by atoms with E-state index in [1.165, 1.54) is 50.9 Å². The van der Waals surface area contributed by atoms with Gasteiger partial charge in [0.05, 0.1) is 0 Å². The van der Waals surface area contributed by atoms with Crippen LogP contribution in [0.4, 0.5) is 0 Å². The van der Waals surface area contributed by atoms with Gasteiger partial charge in [-0.3, -0.25) is 0 Å². The largest absolute Gasteiger partial charge is 0.317 e. The first-order chi connectivity index (χ1) is 8.43. The third-order valence-corrected chi connectivity index (χ3v) is 5.21. The summed E-state index contributed by atoms with van der Waals surface area (Å²) < 4.78 is 0. The van der Waals surface area contributed by atoms with E-state index in [1.54, 1.807) is 16.0 Å². The Labute approximate surface area is 108 Å². The van der Waals surface area contributed by atoms with Crippen molar-refractivity contribution in [2.24, 2.45) is 5.92 Å². The number of hydrogen-bond donors (Lipinski definition) is 1. The summed E-state index contributed by atoms with van der Waals surface area (Å²) in [6.07, 6.45) is 6.70. The predicted octanol–water partition coefficient (Wildman–Crippen LogP) is 3.27. The lowest BCUT2D eigenvalue weighted by molar-refractivity contribution is 0.371. The lowest BCUT2D eigenvalue weighted by Crippen LogP contribution is -2.28. The Morgan fingerprint density at radius 2 is 2.12 bits per heavy atom. The molecular formula is C15H21NS. The maximum atomic E-state index is 3.46. The van der Waals surface area contributed by atoms with Gasteiger partial charge in [0.15, 0.2) is 0 Å². The molecular weight excluding hydrogens is 226 g/mol. The van der Waals surface area contributed by atoms with Gasteiger partial charge in [-0.1, -0.05) is 12.1 Å². The SMILES string of the molecule is c1cc(CC2CCNCC2)c2c(c1)SCCC2. The number of nitrogens with one attached hydrogen (secondary N) is 1. The van der Waals surface area contributed by atoms with Gasteiger partial charge < -0.3 is 5.32 Å². The van der Waals surface area contributed by atoms with Crippen LogP contribution in [-0.2, 0) is 12.8 Å². The second-order valence-corrected chi connectivity index (χ2v) is 6.38. The van der Waals surface area contributed by atoms with E-state index in [1.807, 2.05) is 0 Å². The quantitative estimate of drug-likeness (QED) is 0.861. The summed E-state index contributed by atoms with van der Waals surface area (Å²) in [5, 5.41) is 3.46. The van der Waals surface area contributed by atoms with Crippen LogP contribution in [-0.4, -0.2) is 18.8 Å². The van der Waals surface area contributed by atoms with Crippen molar-refractivity contribution in [3.63, 3.8) is 0 Å². The maximum absolute atomic E-state index is 3.46. The second kappa shape index (κ2) is 5.45. The van der Waals surface area contributed by atoms with E-state index >= 15 is 0 Å². The highest BCUT2D eigenvalue weighted by Crippen LogP contribution is 2.33. The monoisotopic (exact) mass is 247 g/mol. The number of hydrogen-bond acceptors (Lipinski definition) is 2. The summed E-state index contributed by atoms with van der Waals surface area (Å²) in [4.78, 5) is 1.56. The molecule has 0 radical (unpaired) electrons. The fourth-order valence-corrected chi connectivity index (χ4v) is 4.14. The molecule has 3 rings (SSSR count). The molecule has 0 spiro atoms. The van der Waals surface area contributed by atoms with Crippen LogP contribution in [0.15, 0.2) is 23.1 Å². The van der Waals surface area contributed by atoms with E-state index in [9.17, 15) is 0 Å². The molecule has 0 saturated carbocycles. The summed E-state index contributed by atoms with van der Waals surface area (Å²) in [5.41, 5.74) is 3.31. The standard InChI is InChI=1S/C15H21NS/c1-3-13(11-12-6-8-16-9-7-12)14-4-2-10-17-15(14)5-1/h1,3,5,12,16H,2,4,6-11H2. The Balaban J connectivity index is 1.77. The van der Waals surface area contributed by atoms with Crippen molar-refractivity contribution in [2.45, 2.75) is 37.0 Å². The molecule has 0 bridgehead atoms. The van der Waals surface area contributed by atoms with Crippen LogP contribution in [0.1, 0.15) is 30.4 Å². The number of benzene rings is 1. The zero-order valence-corrected chi connectivity index (χ0v) is 11.2. The van der Waals surface area contributed by atoms with E-state index < -0.39 is 0 Å². The van der Waals surface area contributed by atoms with Crippen LogP contribution < -0.4 is 5.32 Å². The molecule has 17 heavy (non-hydrogen) atoms. The molecule has 2 heterocycles. The van der Waals surface area contributed by atoms with Crippen LogP contribution in [0.5, 0.6) is 0 Å². The summed E-state index contributed by atoms with van der Waals surface area (Å²) in [7, 11) is 0. The highest BCUT2D eigenvalue weighted by molar-refractivity contribution is 7.99. The van der Waals surface area contributed by atoms with Crippen LogP contribution in [0.2, 0.25) is 0 Å². The number of piperidine rings is 1. The molecule has 0 unspecified atom stereocenters. The van der Waals surface area contributed by atoms with Crippen molar-refractivity contribution in [1.82, 2.24) is 5.32 Å². The maximum Gasteiger partial charge on any atom is 0.0107 e. The van der Waals surface area contributed by atoms with E-state index in [4.69, 9.17) is 0 Å². The molecule has 1 N–H and O–H groups in total. The summed E-state index contributed by atoms with van der Waals surface area (Å²) in [6, 6.07) is 6.94. The molecule has 1 aromatic carbocycles. The zero-order valence-electron chi connectivity index (χ0n) is 10.4. The molecule has 2 aliphatic heterocycles. The van der Waals surface area contributed by atoms with Gasteiger partial charge in [0, 0.05) is 4.90 Å². The Kier molecular flexibility index (Phi) is 3.72. The lowest BCUT2D eigenvalue weighted by Gasteiger charge is -2.25. The minimum Gasteiger partial charge on any atom is -0.317 e. The molecule has 92 valence electrons. The minimum absolute atomic E-state index is 0.912. The summed E-state index contributed by atoms with van der Waals surface area (Å²) >= 11 is 2.05. The van der Waals surface area contributed by atoms with Crippen LogP contribution in [0.3, 0.4) is 0 Å². The molecule has 2 aliphatic rings. The first-order valence-electron chi connectivity index (χ1n) is 6.88. The first kappa shape index (κ1) is 11.6. The Morgan fingerprint density at radius 1 is 1.24 bits per heavy atom. The Hall–Kier alpha value is -0.470. The molecule has 0 atom stereocenters. The fourth-order valence-electron chi connectivity index (χ4n) is 3.05. The van der Waals surface area contributed by atoms with Gasteiger partial charge in [-0.15, -0.1) is 11.8 Å². The van der Waals surface area contributed by atoms with Gasteiger partial charge in [-0.25, -0.2) is 0 Å².